The standard InChI is InChI=1S/C24H21ClN8O4/c1-14(11-34)36-12-19(23(35)32-20-6-5-17(25)10-29-20)37-24-18(9-28)22(30-13-31-24)33-21-15(7-26)3-2-4-16(21)8-27/h2-6,9-10,13-14,19,28,34H,11-12H2,1H3,(H,29,32,35)(H,30,31,33). The molecule has 0 saturated heterocycles. The normalized spacial score (nSPS) is 11.9. The first-order chi connectivity index (χ1) is 17.9. The van der Waals surface area contributed by atoms with Crippen LogP contribution in [-0.4, -0.2) is 57.6 Å². The van der Waals surface area contributed by atoms with Crippen molar-refractivity contribution < 1.29 is 19.4 Å². The second-order valence-corrected chi connectivity index (χ2v) is 7.88. The number of benzene rings is 1. The Balaban J connectivity index is 1.92. The number of halogens is 1. The molecule has 1 aromatic carbocycles. The number of carbonyl (C=O) groups is 1. The van der Waals surface area contributed by atoms with E-state index in [0.29, 0.717) is 5.02 Å². The number of rotatable bonds is 11. The van der Waals surface area contributed by atoms with Gasteiger partial charge in [-0.2, -0.15) is 10.5 Å². The highest BCUT2D eigenvalue weighted by atomic mass is 35.5. The predicted molar refractivity (Wildman–Crippen MR) is 134 cm³/mol. The van der Waals surface area contributed by atoms with Crippen molar-refractivity contribution in [2.45, 2.75) is 19.1 Å². The zero-order valence-corrected chi connectivity index (χ0v) is 20.2. The summed E-state index contributed by atoms with van der Waals surface area (Å²) < 4.78 is 11.3. The van der Waals surface area contributed by atoms with Crippen LogP contribution in [0.25, 0.3) is 0 Å². The number of nitrogens with zero attached hydrogens (tertiary/aromatic N) is 5. The highest BCUT2D eigenvalue weighted by Gasteiger charge is 2.25. The number of aliphatic hydroxyl groups is 1. The molecule has 0 aliphatic heterocycles. The van der Waals surface area contributed by atoms with Gasteiger partial charge in [-0.25, -0.2) is 15.0 Å². The van der Waals surface area contributed by atoms with Crippen molar-refractivity contribution >= 4 is 41.0 Å². The van der Waals surface area contributed by atoms with Crippen molar-refractivity contribution in [2.75, 3.05) is 23.8 Å². The van der Waals surface area contributed by atoms with E-state index in [1.54, 1.807) is 19.1 Å². The number of ether oxygens (including phenoxy) is 2. The lowest BCUT2D eigenvalue weighted by atomic mass is 10.1. The van der Waals surface area contributed by atoms with Gasteiger partial charge in [0.25, 0.3) is 5.91 Å². The SMILES string of the molecule is CC(CO)OCC(Oc1ncnc(Nc2c(C#N)cccc2C#N)c1C=N)C(=O)Nc1ccc(Cl)cn1. The summed E-state index contributed by atoms with van der Waals surface area (Å²) in [7, 11) is 0. The third-order valence-electron chi connectivity index (χ3n) is 4.85. The summed E-state index contributed by atoms with van der Waals surface area (Å²) in [5, 5.41) is 42.0. The first-order valence-electron chi connectivity index (χ1n) is 10.8. The largest absolute Gasteiger partial charge is 0.461 e. The van der Waals surface area contributed by atoms with E-state index in [9.17, 15) is 20.4 Å². The van der Waals surface area contributed by atoms with Crippen LogP contribution in [0.4, 0.5) is 17.3 Å². The Kier molecular flexibility index (Phi) is 9.41. The summed E-state index contributed by atoms with van der Waals surface area (Å²) in [5.74, 6) is -0.481. The van der Waals surface area contributed by atoms with Crippen LogP contribution in [0, 0.1) is 28.1 Å². The van der Waals surface area contributed by atoms with Gasteiger partial charge < -0.3 is 30.6 Å². The number of carbonyl (C=O) groups excluding carboxylic acids is 1. The molecule has 0 radical (unpaired) electrons. The first kappa shape index (κ1) is 27.0. The van der Waals surface area contributed by atoms with E-state index in [1.807, 2.05) is 12.1 Å². The Labute approximate surface area is 217 Å². The van der Waals surface area contributed by atoms with E-state index in [0.717, 1.165) is 12.5 Å². The van der Waals surface area contributed by atoms with Gasteiger partial charge in [-0.3, -0.25) is 4.79 Å². The molecule has 0 bridgehead atoms. The molecular weight excluding hydrogens is 500 g/mol. The summed E-state index contributed by atoms with van der Waals surface area (Å²) in [6, 6.07) is 11.7. The number of para-hydroxylation sites is 1. The molecule has 37 heavy (non-hydrogen) atoms. The maximum atomic E-state index is 13.0. The molecule has 3 aromatic rings. The van der Waals surface area contributed by atoms with E-state index in [1.165, 1.54) is 24.4 Å². The zero-order valence-electron chi connectivity index (χ0n) is 19.5. The van der Waals surface area contributed by atoms with Crippen LogP contribution < -0.4 is 15.4 Å². The number of amides is 1. The van der Waals surface area contributed by atoms with Crippen LogP contribution >= 0.6 is 11.6 Å². The lowest BCUT2D eigenvalue weighted by Gasteiger charge is -2.21. The van der Waals surface area contributed by atoms with Gasteiger partial charge in [-0.15, -0.1) is 0 Å². The molecular formula is C24H21ClN8O4. The van der Waals surface area contributed by atoms with Crippen LogP contribution in [-0.2, 0) is 9.53 Å². The van der Waals surface area contributed by atoms with Gasteiger partial charge in [0, 0.05) is 12.4 Å². The van der Waals surface area contributed by atoms with Gasteiger partial charge in [0.15, 0.2) is 0 Å². The molecule has 12 nitrogen and oxygen atoms in total. The number of nitriles is 2. The Morgan fingerprint density at radius 2 is 1.95 bits per heavy atom. The molecule has 0 saturated carbocycles. The molecule has 0 aliphatic rings. The van der Waals surface area contributed by atoms with E-state index >= 15 is 0 Å². The number of aliphatic hydroxyl groups excluding tert-OH is 1. The minimum atomic E-state index is -1.27. The molecule has 2 atom stereocenters. The predicted octanol–water partition coefficient (Wildman–Crippen LogP) is 2.79. The fourth-order valence-electron chi connectivity index (χ4n) is 2.95. The van der Waals surface area contributed by atoms with Crippen molar-refractivity contribution in [2.24, 2.45) is 0 Å². The molecule has 4 N–H and O–H groups in total. The van der Waals surface area contributed by atoms with E-state index in [4.69, 9.17) is 26.5 Å². The minimum absolute atomic E-state index is 0.0526. The fourth-order valence-corrected chi connectivity index (χ4v) is 3.07. The second kappa shape index (κ2) is 12.9. The van der Waals surface area contributed by atoms with Gasteiger partial charge >= 0.3 is 0 Å². The maximum Gasteiger partial charge on any atom is 0.269 e. The smallest absolute Gasteiger partial charge is 0.269 e. The first-order valence-corrected chi connectivity index (χ1v) is 11.1. The average Bonchev–Trinajstić information content (AvgIpc) is 2.92. The summed E-state index contributed by atoms with van der Waals surface area (Å²) in [6.45, 7) is 1.08. The molecule has 2 aromatic heterocycles. The Hall–Kier alpha value is -4.62. The van der Waals surface area contributed by atoms with Gasteiger partial charge in [0.05, 0.1) is 46.7 Å². The number of hydrogen-bond donors (Lipinski definition) is 4. The number of hydrogen-bond acceptors (Lipinski definition) is 11. The van der Waals surface area contributed by atoms with Gasteiger partial charge in [-0.05, 0) is 31.2 Å². The van der Waals surface area contributed by atoms with Crippen molar-refractivity contribution in [3.05, 3.63) is 64.6 Å². The molecule has 188 valence electrons. The van der Waals surface area contributed by atoms with E-state index in [2.05, 4.69) is 25.6 Å². The highest BCUT2D eigenvalue weighted by molar-refractivity contribution is 6.30. The summed E-state index contributed by atoms with van der Waals surface area (Å²) >= 11 is 5.84. The molecule has 0 aliphatic carbocycles. The number of nitrogens with one attached hydrogen (secondary N) is 3. The number of aromatic nitrogens is 3. The third-order valence-corrected chi connectivity index (χ3v) is 5.08. The maximum absolute atomic E-state index is 13.0. The summed E-state index contributed by atoms with van der Waals surface area (Å²) in [6.07, 6.45) is 1.56. The molecule has 0 fully saturated rings. The topological polar surface area (TPSA) is 190 Å². The Morgan fingerprint density at radius 1 is 1.22 bits per heavy atom. The van der Waals surface area contributed by atoms with Crippen LogP contribution in [0.15, 0.2) is 42.9 Å². The van der Waals surface area contributed by atoms with Crippen LogP contribution in [0.2, 0.25) is 5.02 Å². The lowest BCUT2D eigenvalue weighted by Crippen LogP contribution is -2.39. The van der Waals surface area contributed by atoms with E-state index < -0.39 is 18.1 Å². The number of anilines is 3. The van der Waals surface area contributed by atoms with Crippen LogP contribution in [0.1, 0.15) is 23.6 Å². The monoisotopic (exact) mass is 520 g/mol. The molecule has 2 heterocycles. The molecule has 1 amide bonds. The van der Waals surface area contributed by atoms with Crippen molar-refractivity contribution in [1.29, 1.82) is 15.9 Å². The Bertz CT molecular complexity index is 1320. The Morgan fingerprint density at radius 3 is 2.54 bits per heavy atom. The quantitative estimate of drug-likeness (QED) is 0.273. The molecule has 2 unspecified atom stereocenters. The summed E-state index contributed by atoms with van der Waals surface area (Å²) in [5.41, 5.74) is 0.630. The van der Waals surface area contributed by atoms with E-state index in [-0.39, 0.29) is 53.1 Å². The summed E-state index contributed by atoms with van der Waals surface area (Å²) in [4.78, 5) is 25.2. The van der Waals surface area contributed by atoms with Gasteiger partial charge in [0.2, 0.25) is 12.0 Å². The van der Waals surface area contributed by atoms with Crippen molar-refractivity contribution in [3.8, 4) is 18.0 Å². The van der Waals surface area contributed by atoms with Gasteiger partial charge in [-0.1, -0.05) is 17.7 Å². The molecule has 13 heteroatoms. The third kappa shape index (κ3) is 6.96. The zero-order chi connectivity index (χ0) is 26.8. The molecule has 0 spiro atoms. The second-order valence-electron chi connectivity index (χ2n) is 7.45. The minimum Gasteiger partial charge on any atom is -0.461 e. The number of pyridine rings is 1. The van der Waals surface area contributed by atoms with Crippen LogP contribution in [0.5, 0.6) is 5.88 Å². The lowest BCUT2D eigenvalue weighted by molar-refractivity contribution is -0.127. The van der Waals surface area contributed by atoms with Crippen molar-refractivity contribution in [1.82, 2.24) is 15.0 Å². The highest BCUT2D eigenvalue weighted by Crippen LogP contribution is 2.28. The molecule has 3 rings (SSSR count). The van der Waals surface area contributed by atoms with Crippen LogP contribution in [0.3, 0.4) is 0 Å². The fraction of sp³-hybridized carbons (Fsp3) is 0.208. The van der Waals surface area contributed by atoms with Gasteiger partial charge in [0.1, 0.15) is 30.1 Å². The van der Waals surface area contributed by atoms with Crippen molar-refractivity contribution in [3.63, 3.8) is 0 Å². The average molecular weight is 521 g/mol.